The van der Waals surface area contributed by atoms with Crippen LogP contribution in [0.1, 0.15) is 37.8 Å². The zero-order chi connectivity index (χ0) is 31.6. The first-order chi connectivity index (χ1) is 20.4. The minimum absolute atomic E-state index is 0.0201. The molecule has 0 radical (unpaired) electrons. The van der Waals surface area contributed by atoms with Crippen molar-refractivity contribution < 1.29 is 22.7 Å². The number of hydrogen-bond donors (Lipinski definition) is 1. The Morgan fingerprint density at radius 1 is 0.930 bits per heavy atom. The van der Waals surface area contributed by atoms with E-state index in [0.717, 1.165) is 11.8 Å². The standard InChI is InChI=1S/C32H39Cl2N3O5S/c1-23(2)21-35-32(39)30(20-24-9-6-5-7-10-24)36(22-25-12-17-28(33)29(34)19-25)31(38)11-8-18-37(43(4,40)41)26-13-15-27(42-3)16-14-26/h5-7,9-10,12-17,19,23,30H,8,11,18,20-22H2,1-4H3,(H,35,39). The minimum atomic E-state index is -3.62. The third-order valence-corrected chi connectivity index (χ3v) is 8.74. The summed E-state index contributed by atoms with van der Waals surface area (Å²) >= 11 is 12.4. The number of nitrogens with zero attached hydrogens (tertiary/aromatic N) is 2. The Hall–Kier alpha value is -3.27. The predicted molar refractivity (Wildman–Crippen MR) is 173 cm³/mol. The molecule has 0 fully saturated rings. The van der Waals surface area contributed by atoms with E-state index in [1.54, 1.807) is 47.4 Å². The van der Waals surface area contributed by atoms with Gasteiger partial charge in [0, 0.05) is 32.5 Å². The number of methoxy groups -OCH3 is 1. The lowest BCUT2D eigenvalue weighted by molar-refractivity contribution is -0.141. The van der Waals surface area contributed by atoms with Crippen LogP contribution in [0.4, 0.5) is 5.69 Å². The van der Waals surface area contributed by atoms with Gasteiger partial charge in [0.25, 0.3) is 0 Å². The van der Waals surface area contributed by atoms with Gasteiger partial charge in [0.2, 0.25) is 21.8 Å². The van der Waals surface area contributed by atoms with E-state index in [1.165, 1.54) is 11.4 Å². The first kappa shape index (κ1) is 34.2. The van der Waals surface area contributed by atoms with E-state index >= 15 is 0 Å². The van der Waals surface area contributed by atoms with Gasteiger partial charge in [0.15, 0.2) is 0 Å². The van der Waals surface area contributed by atoms with Crippen molar-refractivity contribution in [3.05, 3.63) is 94.0 Å². The van der Waals surface area contributed by atoms with Crippen LogP contribution in [0.15, 0.2) is 72.8 Å². The van der Waals surface area contributed by atoms with Crippen molar-refractivity contribution in [2.75, 3.05) is 30.8 Å². The molecule has 1 unspecified atom stereocenters. The van der Waals surface area contributed by atoms with Gasteiger partial charge < -0.3 is 15.0 Å². The van der Waals surface area contributed by atoms with E-state index in [1.807, 2.05) is 44.2 Å². The molecular formula is C32H39Cl2N3O5S. The summed E-state index contributed by atoms with van der Waals surface area (Å²) < 4.78 is 31.7. The van der Waals surface area contributed by atoms with Gasteiger partial charge in [-0.05, 0) is 59.9 Å². The van der Waals surface area contributed by atoms with Crippen LogP contribution in [0.2, 0.25) is 10.0 Å². The van der Waals surface area contributed by atoms with Gasteiger partial charge in [-0.15, -0.1) is 0 Å². The van der Waals surface area contributed by atoms with Crippen LogP contribution >= 0.6 is 23.2 Å². The lowest BCUT2D eigenvalue weighted by atomic mass is 10.0. The molecule has 11 heteroatoms. The average molecular weight is 649 g/mol. The summed E-state index contributed by atoms with van der Waals surface area (Å²) in [4.78, 5) is 29.1. The van der Waals surface area contributed by atoms with E-state index < -0.39 is 16.1 Å². The average Bonchev–Trinajstić information content (AvgIpc) is 2.97. The molecule has 0 heterocycles. The minimum Gasteiger partial charge on any atom is -0.497 e. The molecule has 0 saturated carbocycles. The van der Waals surface area contributed by atoms with Gasteiger partial charge in [-0.3, -0.25) is 13.9 Å². The summed E-state index contributed by atoms with van der Waals surface area (Å²) in [6.45, 7) is 4.67. The van der Waals surface area contributed by atoms with E-state index in [2.05, 4.69) is 5.32 Å². The van der Waals surface area contributed by atoms with Crippen molar-refractivity contribution in [1.29, 1.82) is 0 Å². The number of nitrogens with one attached hydrogen (secondary N) is 1. The second-order valence-electron chi connectivity index (χ2n) is 10.8. The van der Waals surface area contributed by atoms with Crippen LogP contribution in [-0.4, -0.2) is 57.6 Å². The Balaban J connectivity index is 1.89. The van der Waals surface area contributed by atoms with Crippen molar-refractivity contribution in [2.45, 2.75) is 45.7 Å². The molecule has 2 amide bonds. The molecule has 232 valence electrons. The van der Waals surface area contributed by atoms with Crippen LogP contribution in [0.25, 0.3) is 0 Å². The zero-order valence-corrected chi connectivity index (χ0v) is 27.3. The van der Waals surface area contributed by atoms with Crippen LogP contribution in [0, 0.1) is 5.92 Å². The van der Waals surface area contributed by atoms with Crippen LogP contribution < -0.4 is 14.4 Å². The van der Waals surface area contributed by atoms with Gasteiger partial charge in [-0.2, -0.15) is 0 Å². The van der Waals surface area contributed by atoms with Gasteiger partial charge in [0.1, 0.15) is 11.8 Å². The molecule has 0 bridgehead atoms. The molecule has 0 aliphatic carbocycles. The highest BCUT2D eigenvalue weighted by molar-refractivity contribution is 7.92. The number of halogens is 2. The number of sulfonamides is 1. The molecule has 0 aromatic heterocycles. The van der Waals surface area contributed by atoms with Gasteiger partial charge in [-0.1, -0.05) is 73.4 Å². The maximum Gasteiger partial charge on any atom is 0.243 e. The fourth-order valence-corrected chi connectivity index (χ4v) is 5.85. The Kier molecular flexibility index (Phi) is 12.7. The fourth-order valence-electron chi connectivity index (χ4n) is 4.56. The number of carbonyl (C=O) groups is 2. The third-order valence-electron chi connectivity index (χ3n) is 6.81. The van der Waals surface area contributed by atoms with E-state index in [4.69, 9.17) is 27.9 Å². The summed E-state index contributed by atoms with van der Waals surface area (Å²) in [5.41, 5.74) is 2.09. The summed E-state index contributed by atoms with van der Waals surface area (Å²) in [6, 6.07) is 20.5. The molecule has 0 aliphatic heterocycles. The summed E-state index contributed by atoms with van der Waals surface area (Å²) in [7, 11) is -2.09. The largest absolute Gasteiger partial charge is 0.497 e. The first-order valence-corrected chi connectivity index (χ1v) is 16.7. The molecule has 3 aromatic carbocycles. The normalized spacial score (nSPS) is 12.1. The Morgan fingerprint density at radius 2 is 1.60 bits per heavy atom. The maximum absolute atomic E-state index is 13.9. The maximum atomic E-state index is 13.9. The highest BCUT2D eigenvalue weighted by Gasteiger charge is 2.30. The second-order valence-corrected chi connectivity index (χ2v) is 13.5. The number of amides is 2. The fraction of sp³-hybridized carbons (Fsp3) is 0.375. The SMILES string of the molecule is COc1ccc(N(CCCC(=O)N(Cc2ccc(Cl)c(Cl)c2)C(Cc2ccccc2)C(=O)NCC(C)C)S(C)(=O)=O)cc1. The summed E-state index contributed by atoms with van der Waals surface area (Å²) in [5, 5.41) is 3.72. The highest BCUT2D eigenvalue weighted by Crippen LogP contribution is 2.26. The molecule has 43 heavy (non-hydrogen) atoms. The number of anilines is 1. The van der Waals surface area contributed by atoms with Crippen LogP contribution in [0.3, 0.4) is 0 Å². The predicted octanol–water partition coefficient (Wildman–Crippen LogP) is 5.96. The van der Waals surface area contributed by atoms with Crippen molar-refractivity contribution in [3.63, 3.8) is 0 Å². The van der Waals surface area contributed by atoms with Crippen LogP contribution in [0.5, 0.6) is 5.75 Å². The smallest absolute Gasteiger partial charge is 0.243 e. The molecule has 3 aromatic rings. The molecule has 1 atom stereocenters. The Labute approximate surface area is 265 Å². The highest BCUT2D eigenvalue weighted by atomic mass is 35.5. The Morgan fingerprint density at radius 3 is 2.19 bits per heavy atom. The molecule has 0 saturated heterocycles. The number of hydrogen-bond acceptors (Lipinski definition) is 5. The number of rotatable bonds is 15. The van der Waals surface area contributed by atoms with Crippen molar-refractivity contribution in [2.24, 2.45) is 5.92 Å². The third kappa shape index (κ3) is 10.4. The zero-order valence-electron chi connectivity index (χ0n) is 24.9. The van der Waals surface area contributed by atoms with Crippen molar-refractivity contribution >= 4 is 50.7 Å². The van der Waals surface area contributed by atoms with Crippen molar-refractivity contribution in [1.82, 2.24) is 10.2 Å². The lowest BCUT2D eigenvalue weighted by Crippen LogP contribution is -2.51. The second kappa shape index (κ2) is 16.0. The molecule has 1 N–H and O–H groups in total. The molecular weight excluding hydrogens is 609 g/mol. The van der Waals surface area contributed by atoms with Crippen molar-refractivity contribution in [3.8, 4) is 5.75 Å². The summed E-state index contributed by atoms with van der Waals surface area (Å²) in [6.07, 6.45) is 1.69. The van der Waals surface area contributed by atoms with Crippen LogP contribution in [-0.2, 0) is 32.6 Å². The topological polar surface area (TPSA) is 96.0 Å². The summed E-state index contributed by atoms with van der Waals surface area (Å²) in [5.74, 6) is 0.280. The number of carbonyl (C=O) groups excluding carboxylic acids is 2. The quantitative estimate of drug-likeness (QED) is 0.220. The monoisotopic (exact) mass is 647 g/mol. The molecule has 0 spiro atoms. The Bertz CT molecular complexity index is 1470. The first-order valence-electron chi connectivity index (χ1n) is 14.1. The molecule has 8 nitrogen and oxygen atoms in total. The lowest BCUT2D eigenvalue weighted by Gasteiger charge is -2.32. The number of benzene rings is 3. The van der Waals surface area contributed by atoms with Gasteiger partial charge >= 0.3 is 0 Å². The van der Waals surface area contributed by atoms with E-state index in [9.17, 15) is 18.0 Å². The van der Waals surface area contributed by atoms with Gasteiger partial charge in [0.05, 0.1) is 29.1 Å². The van der Waals surface area contributed by atoms with E-state index in [-0.39, 0.29) is 43.7 Å². The van der Waals surface area contributed by atoms with E-state index in [0.29, 0.717) is 40.0 Å². The number of ether oxygens (including phenoxy) is 1. The molecule has 0 aliphatic rings. The molecule has 3 rings (SSSR count). The van der Waals surface area contributed by atoms with Gasteiger partial charge in [-0.25, -0.2) is 8.42 Å².